The van der Waals surface area contributed by atoms with Crippen LogP contribution in [-0.4, -0.2) is 80.4 Å². The van der Waals surface area contributed by atoms with E-state index in [4.69, 9.17) is 23.2 Å². The van der Waals surface area contributed by atoms with E-state index >= 15 is 0 Å². The molecule has 0 bridgehead atoms. The van der Waals surface area contributed by atoms with E-state index in [1.165, 1.54) is 0 Å². The second-order valence-electron chi connectivity index (χ2n) is 8.56. The Balaban J connectivity index is 0.00000342. The fraction of sp³-hybridized carbons (Fsp3) is 0.455. The number of anilines is 1. The first-order valence-electron chi connectivity index (χ1n) is 11.0. The van der Waals surface area contributed by atoms with Crippen LogP contribution in [-0.2, 0) is 11.3 Å². The van der Waals surface area contributed by atoms with Gasteiger partial charge in [0.1, 0.15) is 11.6 Å². The number of halogens is 3. The first-order valence-corrected chi connectivity index (χ1v) is 11.8. The average Bonchev–Trinajstić information content (AvgIpc) is 3.25. The highest BCUT2D eigenvalue weighted by Gasteiger charge is 2.30. The molecule has 10 nitrogen and oxygen atoms in total. The maximum atomic E-state index is 12.9. The molecule has 3 heterocycles. The predicted molar refractivity (Wildman–Crippen MR) is 139 cm³/mol. The van der Waals surface area contributed by atoms with Crippen molar-refractivity contribution in [1.29, 1.82) is 0 Å². The Morgan fingerprint density at radius 2 is 2.00 bits per heavy atom. The molecule has 3 N–H and O–H groups in total. The van der Waals surface area contributed by atoms with Gasteiger partial charge in [-0.2, -0.15) is 5.10 Å². The van der Waals surface area contributed by atoms with Crippen molar-refractivity contribution in [3.63, 3.8) is 0 Å². The largest absolute Gasteiger partial charge is 0.394 e. The number of likely N-dealkylation sites (N-methyl/N-ethyl adjacent to an activating group) is 1. The van der Waals surface area contributed by atoms with Crippen molar-refractivity contribution in [2.24, 2.45) is 0 Å². The summed E-state index contributed by atoms with van der Waals surface area (Å²) < 4.78 is 1.71. The lowest BCUT2D eigenvalue weighted by atomic mass is 10.0. The minimum atomic E-state index is -0.552. The van der Waals surface area contributed by atoms with Crippen molar-refractivity contribution in [3.8, 4) is 0 Å². The topological polar surface area (TPSA) is 119 Å². The van der Waals surface area contributed by atoms with Crippen LogP contribution in [0.2, 0.25) is 10.0 Å². The number of aromatic nitrogens is 4. The number of carbonyl (C=O) groups excluding carboxylic acids is 1. The maximum absolute atomic E-state index is 12.9. The standard InChI is InChI=1S/C22H27Cl2N7O3.ClH/c1-29(2)18(12-32)21(34)30-7-5-14(6-8-30)31-19-17(11-26-31)27-22(28-20(19)33)25-10-13-3-4-15(23)16(24)9-13;/h3-4,9,11,14,18,32H,5-8,10,12H2,1-2H3,(H2,25,27,28,33);1H. The summed E-state index contributed by atoms with van der Waals surface area (Å²) >= 11 is 12.0. The number of benzene rings is 1. The number of fused-ring (bicyclic) bond motifs is 1. The van der Waals surface area contributed by atoms with E-state index in [9.17, 15) is 14.7 Å². The Hall–Kier alpha value is -2.37. The van der Waals surface area contributed by atoms with E-state index < -0.39 is 6.04 Å². The van der Waals surface area contributed by atoms with Crippen LogP contribution in [0.1, 0.15) is 24.4 Å². The van der Waals surface area contributed by atoms with Gasteiger partial charge in [-0.25, -0.2) is 4.98 Å². The van der Waals surface area contributed by atoms with Gasteiger partial charge in [0.2, 0.25) is 11.9 Å². The average molecular weight is 545 g/mol. The van der Waals surface area contributed by atoms with Crippen molar-refractivity contribution in [3.05, 3.63) is 50.4 Å². The highest BCUT2D eigenvalue weighted by Crippen LogP contribution is 2.26. The molecule has 1 aromatic carbocycles. The molecule has 35 heavy (non-hydrogen) atoms. The third kappa shape index (κ3) is 5.90. The minimum Gasteiger partial charge on any atom is -0.394 e. The molecule has 3 aromatic rings. The molecule has 1 aliphatic rings. The predicted octanol–water partition coefficient (Wildman–Crippen LogP) is 2.55. The molecular formula is C22H28Cl3N7O3. The van der Waals surface area contributed by atoms with E-state index in [1.807, 2.05) is 6.07 Å². The molecule has 0 aliphatic carbocycles. The minimum absolute atomic E-state index is 0. The maximum Gasteiger partial charge on any atom is 0.278 e. The monoisotopic (exact) mass is 543 g/mol. The number of amides is 1. The number of hydrogen-bond donors (Lipinski definition) is 3. The van der Waals surface area contributed by atoms with Crippen LogP contribution >= 0.6 is 35.6 Å². The molecule has 1 fully saturated rings. The SMILES string of the molecule is CN(C)C(CO)C(=O)N1CCC(n2ncc3nc(NCc4ccc(Cl)c(Cl)c4)[nH]c(=O)c32)CC1.Cl. The zero-order valence-corrected chi connectivity index (χ0v) is 21.7. The van der Waals surface area contributed by atoms with E-state index in [2.05, 4.69) is 20.4 Å². The van der Waals surface area contributed by atoms with Crippen molar-refractivity contribution < 1.29 is 9.90 Å². The van der Waals surface area contributed by atoms with Crippen molar-refractivity contribution in [1.82, 2.24) is 29.5 Å². The molecule has 1 atom stereocenters. The lowest BCUT2D eigenvalue weighted by molar-refractivity contribution is -0.138. The van der Waals surface area contributed by atoms with Gasteiger partial charge < -0.3 is 15.3 Å². The molecular weight excluding hydrogens is 517 g/mol. The van der Waals surface area contributed by atoms with Gasteiger partial charge in [-0.1, -0.05) is 29.3 Å². The number of nitrogens with one attached hydrogen (secondary N) is 2. The molecule has 1 aliphatic heterocycles. The van der Waals surface area contributed by atoms with Gasteiger partial charge in [0.25, 0.3) is 5.56 Å². The second-order valence-corrected chi connectivity index (χ2v) is 9.37. The molecule has 2 aromatic heterocycles. The lowest BCUT2D eigenvalue weighted by Gasteiger charge is -2.35. The van der Waals surface area contributed by atoms with Crippen LogP contribution in [0.15, 0.2) is 29.2 Å². The molecule has 13 heteroatoms. The highest BCUT2D eigenvalue weighted by atomic mass is 35.5. The van der Waals surface area contributed by atoms with Gasteiger partial charge in [-0.05, 0) is 44.6 Å². The van der Waals surface area contributed by atoms with Crippen LogP contribution in [0.3, 0.4) is 0 Å². The van der Waals surface area contributed by atoms with E-state index in [0.717, 1.165) is 5.56 Å². The molecule has 1 unspecified atom stereocenters. The fourth-order valence-electron chi connectivity index (χ4n) is 4.17. The first kappa shape index (κ1) is 27.2. The number of H-pyrrole nitrogens is 1. The second kappa shape index (κ2) is 11.6. The Morgan fingerprint density at radius 1 is 1.29 bits per heavy atom. The van der Waals surface area contributed by atoms with Gasteiger partial charge in [0, 0.05) is 19.6 Å². The normalized spacial score (nSPS) is 15.3. The van der Waals surface area contributed by atoms with Gasteiger partial charge in [-0.3, -0.25) is 24.2 Å². The molecule has 4 rings (SSSR count). The summed E-state index contributed by atoms with van der Waals surface area (Å²) in [7, 11) is 3.54. The number of carbonyl (C=O) groups is 1. The number of piperidine rings is 1. The Kier molecular flexibility index (Phi) is 9.00. The smallest absolute Gasteiger partial charge is 0.278 e. The summed E-state index contributed by atoms with van der Waals surface area (Å²) in [6.07, 6.45) is 2.90. The summed E-state index contributed by atoms with van der Waals surface area (Å²) in [5.41, 5.74) is 1.51. The Morgan fingerprint density at radius 3 is 2.63 bits per heavy atom. The first-order chi connectivity index (χ1) is 16.3. The number of rotatable bonds is 7. The third-order valence-electron chi connectivity index (χ3n) is 6.10. The lowest BCUT2D eigenvalue weighted by Crippen LogP contribution is -2.50. The number of aliphatic hydroxyl groups excluding tert-OH is 1. The summed E-state index contributed by atoms with van der Waals surface area (Å²) in [6, 6.07) is 4.74. The number of nitrogens with zero attached hydrogens (tertiary/aromatic N) is 5. The quantitative estimate of drug-likeness (QED) is 0.418. The van der Waals surface area contributed by atoms with Crippen LogP contribution in [0, 0.1) is 0 Å². The zero-order chi connectivity index (χ0) is 24.4. The van der Waals surface area contributed by atoms with Gasteiger partial charge in [-0.15, -0.1) is 12.4 Å². The van der Waals surface area contributed by atoms with Crippen molar-refractivity contribution >= 4 is 58.5 Å². The van der Waals surface area contributed by atoms with Crippen molar-refractivity contribution in [2.45, 2.75) is 31.5 Å². The van der Waals surface area contributed by atoms with E-state index in [-0.39, 0.29) is 36.5 Å². The number of aliphatic hydroxyl groups is 1. The fourth-order valence-corrected chi connectivity index (χ4v) is 4.49. The zero-order valence-electron chi connectivity index (χ0n) is 19.4. The van der Waals surface area contributed by atoms with Gasteiger partial charge in [0.05, 0.1) is 28.9 Å². The Labute approximate surface area is 218 Å². The number of likely N-dealkylation sites (tertiary alicyclic amines) is 1. The molecule has 190 valence electrons. The van der Waals surface area contributed by atoms with Gasteiger partial charge in [0.15, 0.2) is 5.52 Å². The number of hydrogen-bond acceptors (Lipinski definition) is 7. The van der Waals surface area contributed by atoms with Crippen molar-refractivity contribution in [2.75, 3.05) is 39.1 Å². The van der Waals surface area contributed by atoms with E-state index in [1.54, 1.807) is 46.9 Å². The van der Waals surface area contributed by atoms with Crippen LogP contribution in [0.5, 0.6) is 0 Å². The molecule has 1 saturated heterocycles. The third-order valence-corrected chi connectivity index (χ3v) is 6.84. The van der Waals surface area contributed by atoms with Crippen LogP contribution in [0.25, 0.3) is 11.0 Å². The highest BCUT2D eigenvalue weighted by molar-refractivity contribution is 6.42. The van der Waals surface area contributed by atoms with Crippen LogP contribution < -0.4 is 10.9 Å². The summed E-state index contributed by atoms with van der Waals surface area (Å²) in [5.74, 6) is 0.246. The molecule has 0 saturated carbocycles. The summed E-state index contributed by atoms with van der Waals surface area (Å²) in [4.78, 5) is 36.3. The van der Waals surface area contributed by atoms with E-state index in [0.29, 0.717) is 59.5 Å². The Bertz CT molecular complexity index is 1240. The molecule has 1 amide bonds. The van der Waals surface area contributed by atoms with Crippen LogP contribution in [0.4, 0.5) is 5.95 Å². The molecule has 0 radical (unpaired) electrons. The van der Waals surface area contributed by atoms with Gasteiger partial charge >= 0.3 is 0 Å². The molecule has 0 spiro atoms. The summed E-state index contributed by atoms with van der Waals surface area (Å²) in [5, 5.41) is 18.0. The summed E-state index contributed by atoms with van der Waals surface area (Å²) in [6.45, 7) is 1.25. The number of aromatic amines is 1.